The van der Waals surface area contributed by atoms with Gasteiger partial charge in [0.1, 0.15) is 0 Å². The van der Waals surface area contributed by atoms with Gasteiger partial charge in [0.05, 0.1) is 36.1 Å². The van der Waals surface area contributed by atoms with Gasteiger partial charge in [0.15, 0.2) is 0 Å². The summed E-state index contributed by atoms with van der Waals surface area (Å²) in [5.74, 6) is 0.290. The van der Waals surface area contributed by atoms with E-state index in [0.717, 1.165) is 59.2 Å². The molecule has 0 saturated heterocycles. The third-order valence-corrected chi connectivity index (χ3v) is 6.95. The van der Waals surface area contributed by atoms with Crippen molar-refractivity contribution in [3.05, 3.63) is 121 Å². The molecule has 8 heteroatoms. The van der Waals surface area contributed by atoms with E-state index in [1.807, 2.05) is 78.9 Å². The summed E-state index contributed by atoms with van der Waals surface area (Å²) < 4.78 is 0. The molecule has 3 aromatic carbocycles. The Labute approximate surface area is 249 Å². The molecule has 0 heterocycles. The summed E-state index contributed by atoms with van der Waals surface area (Å²) in [4.78, 5) is 4.17. The minimum absolute atomic E-state index is 0.290. The Morgan fingerprint density at radius 1 is 0.714 bits per heavy atom. The number of anilines is 2. The fourth-order valence-electron chi connectivity index (χ4n) is 4.40. The van der Waals surface area contributed by atoms with E-state index in [1.165, 1.54) is 0 Å². The van der Waals surface area contributed by atoms with Gasteiger partial charge in [-0.3, -0.25) is 0 Å². The highest BCUT2D eigenvalue weighted by Crippen LogP contribution is 2.24. The van der Waals surface area contributed by atoms with Gasteiger partial charge in [-0.05, 0) is 105 Å². The van der Waals surface area contributed by atoms with E-state index in [4.69, 9.17) is 11.5 Å². The second-order valence-electron chi connectivity index (χ2n) is 9.74. The number of azo groups is 2. The Balaban J connectivity index is 1.30. The van der Waals surface area contributed by atoms with Crippen molar-refractivity contribution >= 4 is 34.5 Å². The summed E-state index contributed by atoms with van der Waals surface area (Å²) in [6, 6.07) is 24.0. The molecule has 0 radical (unpaired) electrons. The third-order valence-electron chi connectivity index (χ3n) is 6.95. The van der Waals surface area contributed by atoms with Gasteiger partial charge in [-0.25, -0.2) is 0 Å². The van der Waals surface area contributed by atoms with Crippen LogP contribution in [0.4, 0.5) is 28.4 Å². The number of allylic oxidation sites excluding steroid dienone is 6. The van der Waals surface area contributed by atoms with Crippen molar-refractivity contribution in [3.8, 4) is 0 Å². The van der Waals surface area contributed by atoms with Crippen molar-refractivity contribution in [2.24, 2.45) is 37.8 Å². The maximum absolute atomic E-state index is 5.79. The van der Waals surface area contributed by atoms with Crippen LogP contribution in [-0.4, -0.2) is 26.4 Å². The summed E-state index contributed by atoms with van der Waals surface area (Å²) in [5.41, 5.74) is 18.1. The zero-order valence-corrected chi connectivity index (χ0v) is 24.4. The Kier molecular flexibility index (Phi) is 11.5. The molecule has 0 bridgehead atoms. The molecule has 42 heavy (non-hydrogen) atoms. The van der Waals surface area contributed by atoms with Gasteiger partial charge in [-0.1, -0.05) is 42.5 Å². The normalized spacial score (nSPS) is 18.1. The Morgan fingerprint density at radius 3 is 1.71 bits per heavy atom. The molecule has 4 N–H and O–H groups in total. The van der Waals surface area contributed by atoms with Crippen molar-refractivity contribution in [2.45, 2.75) is 20.3 Å². The second-order valence-corrected chi connectivity index (χ2v) is 9.74. The van der Waals surface area contributed by atoms with E-state index < -0.39 is 0 Å². The molecule has 0 aliphatic heterocycles. The van der Waals surface area contributed by atoms with Gasteiger partial charge in [0, 0.05) is 24.5 Å². The van der Waals surface area contributed by atoms with Crippen molar-refractivity contribution in [1.29, 1.82) is 0 Å². The zero-order chi connectivity index (χ0) is 29.6. The first-order valence-corrected chi connectivity index (χ1v) is 14.4. The molecular weight excluding hydrogens is 520 g/mol. The number of hydrogen-bond donors (Lipinski definition) is 2. The molecule has 1 unspecified atom stereocenters. The van der Waals surface area contributed by atoms with Crippen LogP contribution in [-0.2, 0) is 0 Å². The lowest BCUT2D eigenvalue weighted by atomic mass is 10.0. The molecule has 4 rings (SSSR count). The van der Waals surface area contributed by atoms with E-state index >= 15 is 0 Å². The highest BCUT2D eigenvalue weighted by Gasteiger charge is 2.04. The average Bonchev–Trinajstić information content (AvgIpc) is 3.02. The smallest absolute Gasteiger partial charge is 0.0858 e. The largest absolute Gasteiger partial charge is 0.359 e. The number of nitrogens with zero attached hydrogens (tertiary/aromatic N) is 6. The Morgan fingerprint density at radius 2 is 1.21 bits per heavy atom. The van der Waals surface area contributed by atoms with E-state index in [9.17, 15) is 0 Å². The molecule has 1 aliphatic carbocycles. The van der Waals surface area contributed by atoms with Gasteiger partial charge < -0.3 is 21.3 Å². The van der Waals surface area contributed by atoms with Gasteiger partial charge in [0.25, 0.3) is 0 Å². The van der Waals surface area contributed by atoms with Crippen molar-refractivity contribution in [1.82, 2.24) is 0 Å². The summed E-state index contributed by atoms with van der Waals surface area (Å²) in [5, 5.41) is 17.5. The van der Waals surface area contributed by atoms with Crippen LogP contribution in [0.1, 0.15) is 25.8 Å². The van der Waals surface area contributed by atoms with Crippen molar-refractivity contribution in [2.75, 3.05) is 36.2 Å². The van der Waals surface area contributed by atoms with Crippen LogP contribution in [0.5, 0.6) is 0 Å². The number of hydrogen-bond acceptors (Lipinski definition) is 8. The predicted octanol–water partition coefficient (Wildman–Crippen LogP) is 8.40. The number of nitrogens with two attached hydrogens (primary N) is 2. The molecule has 0 fully saturated rings. The van der Waals surface area contributed by atoms with E-state index in [1.54, 1.807) is 0 Å². The fourth-order valence-corrected chi connectivity index (χ4v) is 4.40. The minimum atomic E-state index is 0.290. The molecular formula is C34H40N8. The molecule has 1 atom stereocenters. The van der Waals surface area contributed by atoms with Crippen LogP contribution in [0.3, 0.4) is 0 Å². The van der Waals surface area contributed by atoms with Gasteiger partial charge in [-0.2, -0.15) is 20.5 Å². The van der Waals surface area contributed by atoms with E-state index in [2.05, 4.69) is 80.5 Å². The lowest BCUT2D eigenvalue weighted by Crippen LogP contribution is -2.29. The number of benzene rings is 3. The second kappa shape index (κ2) is 16.0. The summed E-state index contributed by atoms with van der Waals surface area (Å²) in [7, 11) is 0. The molecule has 0 amide bonds. The van der Waals surface area contributed by atoms with Crippen LogP contribution in [0.15, 0.2) is 135 Å². The SMILES string of the molecule is CCN(CN)c1ccc(/N=N/C2=C/C=C\C(/C=C/c3ccc(/N=N/c4ccc(N(CC)CN)cc4)cc3)C/C=C\2)cc1. The minimum Gasteiger partial charge on any atom is -0.359 e. The maximum Gasteiger partial charge on any atom is 0.0858 e. The molecule has 1 aliphatic rings. The van der Waals surface area contributed by atoms with Crippen LogP contribution in [0, 0.1) is 5.92 Å². The highest BCUT2D eigenvalue weighted by atomic mass is 15.2. The molecule has 3 aromatic rings. The van der Waals surface area contributed by atoms with Gasteiger partial charge in [-0.15, -0.1) is 0 Å². The van der Waals surface area contributed by atoms with Crippen LogP contribution in [0.2, 0.25) is 0 Å². The topological polar surface area (TPSA) is 108 Å². The summed E-state index contributed by atoms with van der Waals surface area (Å²) in [6.45, 7) is 6.87. The summed E-state index contributed by atoms with van der Waals surface area (Å²) >= 11 is 0. The monoisotopic (exact) mass is 560 g/mol. The molecule has 216 valence electrons. The molecule has 0 aromatic heterocycles. The van der Waals surface area contributed by atoms with Gasteiger partial charge >= 0.3 is 0 Å². The lowest BCUT2D eigenvalue weighted by molar-refractivity contribution is 0.832. The predicted molar refractivity (Wildman–Crippen MR) is 176 cm³/mol. The zero-order valence-electron chi connectivity index (χ0n) is 24.4. The molecule has 8 nitrogen and oxygen atoms in total. The average molecular weight is 561 g/mol. The Hall–Kier alpha value is -4.66. The fraction of sp³-hybridized carbons (Fsp3) is 0.235. The Bertz CT molecular complexity index is 1420. The van der Waals surface area contributed by atoms with E-state index in [-0.39, 0.29) is 5.92 Å². The molecule has 0 spiro atoms. The first kappa shape index (κ1) is 30.3. The quantitative estimate of drug-likeness (QED) is 0.171. The van der Waals surface area contributed by atoms with Crippen molar-refractivity contribution < 1.29 is 0 Å². The van der Waals surface area contributed by atoms with E-state index in [0.29, 0.717) is 13.3 Å². The third kappa shape index (κ3) is 8.92. The standard InChI is InChI=1S/C34H40N8/c1-3-41(25-35)33-21-17-31(18-22-33)39-37-29-9-5-7-27(8-6-10-29)11-12-28-13-15-30(16-14-28)38-40-32-19-23-34(24-20-32)42(4-2)26-36/h5-7,9-24,27H,3-4,8,25-26,35-36H2,1-2H3/b7-5-,10-6-,12-11+,29-9+,39-37+,40-38+. The maximum atomic E-state index is 5.79. The first-order chi connectivity index (χ1) is 20.6. The van der Waals surface area contributed by atoms with Crippen molar-refractivity contribution in [3.63, 3.8) is 0 Å². The highest BCUT2D eigenvalue weighted by molar-refractivity contribution is 5.55. The first-order valence-electron chi connectivity index (χ1n) is 14.4. The van der Waals surface area contributed by atoms with Crippen LogP contribution >= 0.6 is 0 Å². The molecule has 0 saturated carbocycles. The van der Waals surface area contributed by atoms with Crippen LogP contribution in [0.25, 0.3) is 6.08 Å². The lowest BCUT2D eigenvalue weighted by Gasteiger charge is -2.20. The van der Waals surface area contributed by atoms with Gasteiger partial charge in [0.2, 0.25) is 0 Å². The summed E-state index contributed by atoms with van der Waals surface area (Å²) in [6.07, 6.45) is 15.6. The number of rotatable bonds is 12. The van der Waals surface area contributed by atoms with Crippen LogP contribution < -0.4 is 21.3 Å².